The number of pyridine rings is 1. The second kappa shape index (κ2) is 3.98. The number of aromatic nitrogens is 2. The van der Waals surface area contributed by atoms with Crippen LogP contribution in [0.4, 0.5) is 5.82 Å². The number of nitrogens with zero attached hydrogens (tertiary/aromatic N) is 2. The minimum absolute atomic E-state index is 0.229. The number of hydrogen-bond acceptors (Lipinski definition) is 4. The van der Waals surface area contributed by atoms with Gasteiger partial charge in [0.2, 0.25) is 0 Å². The van der Waals surface area contributed by atoms with E-state index in [1.165, 1.54) is 0 Å². The number of rotatable bonds is 1. The van der Waals surface area contributed by atoms with Crippen LogP contribution in [-0.4, -0.2) is 29.3 Å². The maximum Gasteiger partial charge on any atom is 0.150 e. The Morgan fingerprint density at radius 2 is 2.00 bits per heavy atom. The normalized spacial score (nSPS) is 20.2. The van der Waals surface area contributed by atoms with Crippen LogP contribution in [0.5, 0.6) is 0 Å². The van der Waals surface area contributed by atoms with E-state index in [-0.39, 0.29) is 17.4 Å². The largest absolute Gasteiger partial charge is 0.385 e. The lowest BCUT2D eigenvalue weighted by atomic mass is 10.00. The number of nitrogen functional groups attached to an aromatic ring is 1. The van der Waals surface area contributed by atoms with E-state index in [0.29, 0.717) is 18.7 Å². The average molecular weight is 265 g/mol. The third kappa shape index (κ3) is 1.96. The Bertz CT molecular complexity index is 676. The van der Waals surface area contributed by atoms with Gasteiger partial charge in [0, 0.05) is 12.1 Å². The molecule has 0 aliphatic carbocycles. The molecule has 5 nitrogen and oxygen atoms in total. The summed E-state index contributed by atoms with van der Waals surface area (Å²) in [6, 6.07) is 5.59. The van der Waals surface area contributed by atoms with Crippen molar-refractivity contribution < 1.29 is 8.42 Å². The fourth-order valence-electron chi connectivity index (χ4n) is 2.43. The van der Waals surface area contributed by atoms with Crippen LogP contribution in [0, 0.1) is 0 Å². The third-order valence-electron chi connectivity index (χ3n) is 3.52. The summed E-state index contributed by atoms with van der Waals surface area (Å²) in [7, 11) is -2.82. The minimum Gasteiger partial charge on any atom is -0.385 e. The molecule has 6 heteroatoms. The maximum atomic E-state index is 11.4. The van der Waals surface area contributed by atoms with Gasteiger partial charge in [-0.2, -0.15) is 0 Å². The van der Waals surface area contributed by atoms with Crippen molar-refractivity contribution in [1.29, 1.82) is 0 Å². The second-order valence-corrected chi connectivity index (χ2v) is 7.07. The molecule has 0 unspecified atom stereocenters. The van der Waals surface area contributed by atoms with Gasteiger partial charge in [-0.05, 0) is 25.0 Å². The molecular formula is C12H15N3O2S. The van der Waals surface area contributed by atoms with Crippen molar-refractivity contribution in [3.8, 4) is 0 Å². The quantitative estimate of drug-likeness (QED) is 0.840. The fourth-order valence-corrected chi connectivity index (χ4v) is 3.92. The lowest BCUT2D eigenvalue weighted by Gasteiger charge is -2.19. The molecule has 1 aliphatic heterocycles. The van der Waals surface area contributed by atoms with Crippen molar-refractivity contribution in [3.05, 3.63) is 30.1 Å². The van der Waals surface area contributed by atoms with Crippen LogP contribution in [0.2, 0.25) is 0 Å². The molecule has 18 heavy (non-hydrogen) atoms. The minimum atomic E-state index is -2.82. The third-order valence-corrected chi connectivity index (χ3v) is 5.23. The summed E-state index contributed by atoms with van der Waals surface area (Å²) in [5.41, 5.74) is 7.63. The molecule has 0 aromatic carbocycles. The molecule has 96 valence electrons. The highest BCUT2D eigenvalue weighted by Crippen LogP contribution is 2.29. The molecule has 2 N–H and O–H groups in total. The molecule has 2 aromatic rings. The summed E-state index contributed by atoms with van der Waals surface area (Å²) in [6.45, 7) is 0. The van der Waals surface area contributed by atoms with Gasteiger partial charge in [-0.25, -0.2) is 13.4 Å². The van der Waals surface area contributed by atoms with Gasteiger partial charge in [0.15, 0.2) is 0 Å². The van der Waals surface area contributed by atoms with Gasteiger partial charge in [-0.1, -0.05) is 6.07 Å². The van der Waals surface area contributed by atoms with Crippen molar-refractivity contribution in [2.75, 3.05) is 17.2 Å². The van der Waals surface area contributed by atoms with Gasteiger partial charge >= 0.3 is 0 Å². The monoisotopic (exact) mass is 265 g/mol. The highest BCUT2D eigenvalue weighted by atomic mass is 32.2. The Kier molecular flexibility index (Phi) is 2.55. The zero-order chi connectivity index (χ0) is 12.8. The standard InChI is InChI=1S/C12H15N3O2S/c13-11-2-1-3-12-14-10(8-15(11)12)9-4-6-18(16,17)7-5-9/h1-3,8-9H,4-7,13H2. The topological polar surface area (TPSA) is 77.5 Å². The Labute approximate surface area is 106 Å². The van der Waals surface area contributed by atoms with E-state index in [4.69, 9.17) is 5.73 Å². The number of sulfone groups is 1. The summed E-state index contributed by atoms with van der Waals surface area (Å²) in [4.78, 5) is 4.53. The molecule has 2 aromatic heterocycles. The summed E-state index contributed by atoms with van der Waals surface area (Å²) in [5.74, 6) is 1.41. The van der Waals surface area contributed by atoms with Crippen molar-refractivity contribution in [3.63, 3.8) is 0 Å². The zero-order valence-electron chi connectivity index (χ0n) is 9.91. The van der Waals surface area contributed by atoms with Crippen LogP contribution in [0.15, 0.2) is 24.4 Å². The number of anilines is 1. The van der Waals surface area contributed by atoms with Gasteiger partial charge in [-0.3, -0.25) is 4.40 Å². The molecule has 0 saturated carbocycles. The van der Waals surface area contributed by atoms with E-state index < -0.39 is 9.84 Å². The Morgan fingerprint density at radius 1 is 1.28 bits per heavy atom. The molecule has 0 spiro atoms. The molecule has 0 amide bonds. The van der Waals surface area contributed by atoms with Crippen LogP contribution in [-0.2, 0) is 9.84 Å². The summed E-state index contributed by atoms with van der Waals surface area (Å²) in [5, 5.41) is 0. The summed E-state index contributed by atoms with van der Waals surface area (Å²) < 4.78 is 24.7. The average Bonchev–Trinajstić information content (AvgIpc) is 2.74. The molecule has 0 radical (unpaired) electrons. The predicted molar refractivity (Wildman–Crippen MR) is 70.2 cm³/mol. The lowest BCUT2D eigenvalue weighted by Crippen LogP contribution is -2.22. The Balaban J connectivity index is 1.94. The predicted octanol–water partition coefficient (Wildman–Crippen LogP) is 1.21. The number of nitrogens with two attached hydrogens (primary N) is 1. The van der Waals surface area contributed by atoms with Gasteiger partial charge in [0.1, 0.15) is 21.3 Å². The molecule has 0 atom stereocenters. The van der Waals surface area contributed by atoms with E-state index in [2.05, 4.69) is 4.98 Å². The molecular weight excluding hydrogens is 250 g/mol. The van der Waals surface area contributed by atoms with Crippen LogP contribution in [0.25, 0.3) is 5.65 Å². The number of hydrogen-bond donors (Lipinski definition) is 1. The second-order valence-electron chi connectivity index (χ2n) is 4.77. The van der Waals surface area contributed by atoms with Gasteiger partial charge in [0.25, 0.3) is 0 Å². The summed E-state index contributed by atoms with van der Waals surface area (Å²) >= 11 is 0. The van der Waals surface area contributed by atoms with Gasteiger partial charge < -0.3 is 5.73 Å². The first-order valence-corrected chi connectivity index (χ1v) is 7.81. The van der Waals surface area contributed by atoms with E-state index in [9.17, 15) is 8.42 Å². The lowest BCUT2D eigenvalue weighted by molar-refractivity contribution is 0.546. The first-order chi connectivity index (χ1) is 8.55. The zero-order valence-corrected chi connectivity index (χ0v) is 10.7. The first-order valence-electron chi connectivity index (χ1n) is 5.99. The maximum absolute atomic E-state index is 11.4. The number of fused-ring (bicyclic) bond motifs is 1. The van der Waals surface area contributed by atoms with E-state index in [1.807, 2.05) is 28.8 Å². The molecule has 1 saturated heterocycles. The number of imidazole rings is 1. The van der Waals surface area contributed by atoms with Crippen LogP contribution in [0.1, 0.15) is 24.5 Å². The smallest absolute Gasteiger partial charge is 0.150 e. The van der Waals surface area contributed by atoms with Crippen LogP contribution >= 0.6 is 0 Å². The van der Waals surface area contributed by atoms with E-state index >= 15 is 0 Å². The fraction of sp³-hybridized carbons (Fsp3) is 0.417. The van der Waals surface area contributed by atoms with Crippen molar-refractivity contribution in [2.45, 2.75) is 18.8 Å². The van der Waals surface area contributed by atoms with E-state index in [1.54, 1.807) is 0 Å². The summed E-state index contributed by atoms with van der Waals surface area (Å²) in [6.07, 6.45) is 3.24. The molecule has 0 bridgehead atoms. The first kappa shape index (κ1) is 11.5. The van der Waals surface area contributed by atoms with Gasteiger partial charge in [0.05, 0.1) is 17.2 Å². The molecule has 1 fully saturated rings. The van der Waals surface area contributed by atoms with Gasteiger partial charge in [-0.15, -0.1) is 0 Å². The van der Waals surface area contributed by atoms with Crippen molar-refractivity contribution in [2.24, 2.45) is 0 Å². The Morgan fingerprint density at radius 3 is 2.67 bits per heavy atom. The SMILES string of the molecule is Nc1cccc2nc(C3CCS(=O)(=O)CC3)cn12. The van der Waals surface area contributed by atoms with Crippen LogP contribution in [0.3, 0.4) is 0 Å². The molecule has 1 aliphatic rings. The highest BCUT2D eigenvalue weighted by molar-refractivity contribution is 7.91. The highest BCUT2D eigenvalue weighted by Gasteiger charge is 2.26. The molecule has 3 heterocycles. The van der Waals surface area contributed by atoms with Crippen molar-refractivity contribution >= 4 is 21.3 Å². The van der Waals surface area contributed by atoms with Crippen LogP contribution < -0.4 is 5.73 Å². The van der Waals surface area contributed by atoms with Crippen molar-refractivity contribution in [1.82, 2.24) is 9.38 Å². The molecule has 3 rings (SSSR count). The van der Waals surface area contributed by atoms with E-state index in [0.717, 1.165) is 11.3 Å². The Hall–Kier alpha value is -1.56.